The number of benzene rings is 1. The van der Waals surface area contributed by atoms with E-state index in [0.29, 0.717) is 13.1 Å². The molecule has 0 aliphatic carbocycles. The summed E-state index contributed by atoms with van der Waals surface area (Å²) < 4.78 is 26.3. The Bertz CT molecular complexity index is 439. The first-order chi connectivity index (χ1) is 8.97. The van der Waals surface area contributed by atoms with Crippen LogP contribution in [0.25, 0.3) is 0 Å². The van der Waals surface area contributed by atoms with Crippen molar-refractivity contribution in [3.05, 3.63) is 35.4 Å². The van der Waals surface area contributed by atoms with E-state index in [-0.39, 0.29) is 17.6 Å². The summed E-state index contributed by atoms with van der Waals surface area (Å²) in [5.41, 5.74) is 0.113. The molecule has 19 heavy (non-hydrogen) atoms. The summed E-state index contributed by atoms with van der Waals surface area (Å²) in [5, 5.41) is 19.5. The fourth-order valence-electron chi connectivity index (χ4n) is 2.54. The van der Waals surface area contributed by atoms with Crippen molar-refractivity contribution in [2.75, 3.05) is 19.6 Å². The highest BCUT2D eigenvalue weighted by Crippen LogP contribution is 2.24. The summed E-state index contributed by atoms with van der Waals surface area (Å²) in [4.78, 5) is 1.99. The van der Waals surface area contributed by atoms with Crippen molar-refractivity contribution >= 4 is 0 Å². The second kappa shape index (κ2) is 5.94. The summed E-state index contributed by atoms with van der Waals surface area (Å²) in [6, 6.07) is 3.20. The Labute approximate surface area is 111 Å². The molecule has 1 aromatic rings. The molecule has 2 rings (SSSR count). The smallest absolute Gasteiger partial charge is 0.131 e. The van der Waals surface area contributed by atoms with Crippen LogP contribution in [0.1, 0.15) is 25.0 Å². The highest BCUT2D eigenvalue weighted by molar-refractivity contribution is 5.21. The van der Waals surface area contributed by atoms with Gasteiger partial charge in [0.2, 0.25) is 0 Å². The molecule has 0 spiro atoms. The SMILES string of the molecule is CC(O)C1CCN(CC(O)c2ccc(F)cc2F)C1. The zero-order valence-electron chi connectivity index (χ0n) is 10.9. The van der Waals surface area contributed by atoms with Crippen molar-refractivity contribution in [1.82, 2.24) is 4.90 Å². The number of halogens is 2. The van der Waals surface area contributed by atoms with Gasteiger partial charge in [-0.1, -0.05) is 6.07 Å². The Morgan fingerprint density at radius 1 is 1.37 bits per heavy atom. The largest absolute Gasteiger partial charge is 0.393 e. The Hall–Kier alpha value is -1.04. The van der Waals surface area contributed by atoms with Crippen LogP contribution >= 0.6 is 0 Å². The number of nitrogens with zero attached hydrogens (tertiary/aromatic N) is 1. The monoisotopic (exact) mass is 271 g/mol. The zero-order valence-corrected chi connectivity index (χ0v) is 10.9. The zero-order chi connectivity index (χ0) is 14.0. The van der Waals surface area contributed by atoms with Crippen LogP contribution in [0, 0.1) is 17.6 Å². The van der Waals surface area contributed by atoms with Crippen molar-refractivity contribution in [1.29, 1.82) is 0 Å². The molecular formula is C14H19F2NO2. The highest BCUT2D eigenvalue weighted by atomic mass is 19.1. The first kappa shape index (κ1) is 14.4. The van der Waals surface area contributed by atoms with Crippen LogP contribution in [-0.2, 0) is 0 Å². The van der Waals surface area contributed by atoms with Gasteiger partial charge in [0.25, 0.3) is 0 Å². The lowest BCUT2D eigenvalue weighted by Crippen LogP contribution is -2.28. The van der Waals surface area contributed by atoms with Crippen LogP contribution in [0.3, 0.4) is 0 Å². The van der Waals surface area contributed by atoms with E-state index in [9.17, 15) is 19.0 Å². The molecule has 1 saturated heterocycles. The Morgan fingerprint density at radius 2 is 2.11 bits per heavy atom. The van der Waals surface area contributed by atoms with E-state index < -0.39 is 17.7 Å². The van der Waals surface area contributed by atoms with E-state index >= 15 is 0 Å². The molecule has 3 nitrogen and oxygen atoms in total. The Kier molecular flexibility index (Phi) is 4.50. The average Bonchev–Trinajstić information content (AvgIpc) is 2.77. The second-order valence-corrected chi connectivity index (χ2v) is 5.23. The maximum absolute atomic E-state index is 13.5. The minimum atomic E-state index is -0.978. The molecule has 1 aromatic carbocycles. The van der Waals surface area contributed by atoms with E-state index in [1.54, 1.807) is 6.92 Å². The summed E-state index contributed by atoms with van der Waals surface area (Å²) in [7, 11) is 0. The molecule has 5 heteroatoms. The van der Waals surface area contributed by atoms with Crippen LogP contribution in [0.2, 0.25) is 0 Å². The molecule has 106 valence electrons. The van der Waals surface area contributed by atoms with Gasteiger partial charge in [-0.2, -0.15) is 0 Å². The summed E-state index contributed by atoms with van der Waals surface area (Å²) in [5.74, 6) is -1.17. The predicted molar refractivity (Wildman–Crippen MR) is 67.5 cm³/mol. The predicted octanol–water partition coefficient (Wildman–Crippen LogP) is 1.70. The number of β-amino-alcohol motifs (C(OH)–C–C–N with tert-alkyl or cyclic N) is 1. The van der Waals surface area contributed by atoms with Crippen molar-refractivity contribution in [3.63, 3.8) is 0 Å². The lowest BCUT2D eigenvalue weighted by Gasteiger charge is -2.21. The van der Waals surface area contributed by atoms with Crippen LogP contribution in [0.4, 0.5) is 8.78 Å². The van der Waals surface area contributed by atoms with Gasteiger partial charge < -0.3 is 15.1 Å². The minimum Gasteiger partial charge on any atom is -0.393 e. The molecular weight excluding hydrogens is 252 g/mol. The molecule has 1 fully saturated rings. The Balaban J connectivity index is 1.96. The maximum atomic E-state index is 13.5. The lowest BCUT2D eigenvalue weighted by atomic mass is 10.0. The van der Waals surface area contributed by atoms with Gasteiger partial charge in [0, 0.05) is 24.7 Å². The van der Waals surface area contributed by atoms with E-state index in [0.717, 1.165) is 25.1 Å². The quantitative estimate of drug-likeness (QED) is 0.876. The van der Waals surface area contributed by atoms with E-state index in [1.807, 2.05) is 4.90 Å². The van der Waals surface area contributed by atoms with E-state index in [2.05, 4.69) is 0 Å². The number of hydrogen-bond acceptors (Lipinski definition) is 3. The molecule has 0 saturated carbocycles. The van der Waals surface area contributed by atoms with Crippen LogP contribution in [0.5, 0.6) is 0 Å². The van der Waals surface area contributed by atoms with Gasteiger partial charge >= 0.3 is 0 Å². The van der Waals surface area contributed by atoms with Crippen molar-refractivity contribution < 1.29 is 19.0 Å². The molecule has 0 aromatic heterocycles. The average molecular weight is 271 g/mol. The van der Waals surface area contributed by atoms with Crippen molar-refractivity contribution in [2.45, 2.75) is 25.6 Å². The van der Waals surface area contributed by atoms with Gasteiger partial charge in [-0.15, -0.1) is 0 Å². The van der Waals surface area contributed by atoms with Gasteiger partial charge in [0.1, 0.15) is 11.6 Å². The Morgan fingerprint density at radius 3 is 2.68 bits per heavy atom. The third-order valence-corrected chi connectivity index (χ3v) is 3.74. The first-order valence-electron chi connectivity index (χ1n) is 6.51. The second-order valence-electron chi connectivity index (χ2n) is 5.23. The van der Waals surface area contributed by atoms with E-state index in [4.69, 9.17) is 0 Å². The summed E-state index contributed by atoms with van der Waals surface area (Å²) >= 11 is 0. The molecule has 0 amide bonds. The third-order valence-electron chi connectivity index (χ3n) is 3.74. The van der Waals surface area contributed by atoms with Gasteiger partial charge in [0.05, 0.1) is 12.2 Å². The topological polar surface area (TPSA) is 43.7 Å². The summed E-state index contributed by atoms with van der Waals surface area (Å²) in [6.07, 6.45) is -0.478. The standard InChI is InChI=1S/C14H19F2NO2/c1-9(18)10-4-5-17(7-10)8-14(19)12-3-2-11(15)6-13(12)16/h2-3,6,9-10,14,18-19H,4-5,7-8H2,1H3. The molecule has 3 atom stereocenters. The fourth-order valence-corrected chi connectivity index (χ4v) is 2.54. The molecule has 0 radical (unpaired) electrons. The molecule has 1 heterocycles. The molecule has 0 bridgehead atoms. The van der Waals surface area contributed by atoms with Crippen molar-refractivity contribution in [3.8, 4) is 0 Å². The molecule has 1 aliphatic heterocycles. The molecule has 2 N–H and O–H groups in total. The van der Waals surface area contributed by atoms with Gasteiger partial charge in [-0.05, 0) is 31.9 Å². The van der Waals surface area contributed by atoms with Crippen molar-refractivity contribution in [2.24, 2.45) is 5.92 Å². The van der Waals surface area contributed by atoms with Crippen LogP contribution in [-0.4, -0.2) is 40.9 Å². The fraction of sp³-hybridized carbons (Fsp3) is 0.571. The molecule has 1 aliphatic rings. The van der Waals surface area contributed by atoms with E-state index in [1.165, 1.54) is 6.07 Å². The first-order valence-corrected chi connectivity index (χ1v) is 6.51. The third kappa shape index (κ3) is 3.49. The number of hydrogen-bond donors (Lipinski definition) is 2. The number of aliphatic hydroxyl groups is 2. The minimum absolute atomic E-state index is 0.113. The number of likely N-dealkylation sites (tertiary alicyclic amines) is 1. The number of aliphatic hydroxyl groups excluding tert-OH is 2. The lowest BCUT2D eigenvalue weighted by molar-refractivity contribution is 0.103. The maximum Gasteiger partial charge on any atom is 0.131 e. The van der Waals surface area contributed by atoms with Gasteiger partial charge in [-0.3, -0.25) is 0 Å². The molecule has 3 unspecified atom stereocenters. The highest BCUT2D eigenvalue weighted by Gasteiger charge is 2.28. The van der Waals surface area contributed by atoms with Crippen LogP contribution in [0.15, 0.2) is 18.2 Å². The summed E-state index contributed by atoms with van der Waals surface area (Å²) in [6.45, 7) is 3.52. The van der Waals surface area contributed by atoms with Gasteiger partial charge in [-0.25, -0.2) is 8.78 Å². The number of rotatable bonds is 4. The van der Waals surface area contributed by atoms with Crippen LogP contribution < -0.4 is 0 Å². The normalized spacial score (nSPS) is 23.5. The van der Waals surface area contributed by atoms with Gasteiger partial charge in [0.15, 0.2) is 0 Å².